The monoisotopic (exact) mass is 302 g/mol. The van der Waals surface area contributed by atoms with Crippen molar-refractivity contribution in [2.45, 2.75) is 32.3 Å². The van der Waals surface area contributed by atoms with Crippen LogP contribution >= 0.6 is 11.6 Å². The van der Waals surface area contributed by atoms with E-state index in [1.165, 1.54) is 5.56 Å². The van der Waals surface area contributed by atoms with Gasteiger partial charge in [0.2, 0.25) is 0 Å². The van der Waals surface area contributed by atoms with Crippen LogP contribution in [0.1, 0.15) is 30.4 Å². The highest BCUT2D eigenvalue weighted by molar-refractivity contribution is 6.30. The lowest BCUT2D eigenvalue weighted by Crippen LogP contribution is -1.95. The topological polar surface area (TPSA) is 26.3 Å². The summed E-state index contributed by atoms with van der Waals surface area (Å²) in [4.78, 5) is 10.2. The fourth-order valence-electron chi connectivity index (χ4n) is 2.06. The Hall–Kier alpha value is -1.80. The van der Waals surface area contributed by atoms with Gasteiger partial charge < -0.3 is 9.53 Å². The number of ether oxygens (including phenoxy) is 1. The van der Waals surface area contributed by atoms with Gasteiger partial charge in [0.05, 0.1) is 0 Å². The minimum absolute atomic E-state index is 0.538. The Morgan fingerprint density at radius 1 is 0.905 bits per heavy atom. The van der Waals surface area contributed by atoms with E-state index in [9.17, 15) is 4.79 Å². The molecule has 0 bridgehead atoms. The first-order valence-electron chi connectivity index (χ1n) is 7.18. The lowest BCUT2D eigenvalue weighted by atomic mass is 10.1. The largest absolute Gasteiger partial charge is 0.489 e. The first kappa shape index (κ1) is 15.6. The van der Waals surface area contributed by atoms with Crippen molar-refractivity contribution >= 4 is 17.9 Å². The van der Waals surface area contributed by atoms with Crippen LogP contribution in [0.2, 0.25) is 5.02 Å². The molecular weight excluding hydrogens is 284 g/mol. The molecule has 2 rings (SSSR count). The second-order valence-corrected chi connectivity index (χ2v) is 5.41. The first-order valence-corrected chi connectivity index (χ1v) is 7.55. The molecule has 0 aliphatic carbocycles. The van der Waals surface area contributed by atoms with Crippen molar-refractivity contribution in [3.8, 4) is 5.75 Å². The summed E-state index contributed by atoms with van der Waals surface area (Å²) >= 11 is 5.85. The Kier molecular flexibility index (Phi) is 6.29. The third kappa shape index (κ3) is 5.60. The van der Waals surface area contributed by atoms with Crippen LogP contribution in [0.15, 0.2) is 48.5 Å². The van der Waals surface area contributed by atoms with Crippen molar-refractivity contribution in [1.82, 2.24) is 0 Å². The average Bonchev–Trinajstić information content (AvgIpc) is 2.52. The van der Waals surface area contributed by atoms with E-state index in [4.69, 9.17) is 16.3 Å². The molecule has 2 aromatic rings. The van der Waals surface area contributed by atoms with E-state index in [1.54, 1.807) is 0 Å². The highest BCUT2D eigenvalue weighted by Gasteiger charge is 1.98. The summed E-state index contributed by atoms with van der Waals surface area (Å²) in [5.41, 5.74) is 2.37. The molecule has 0 unspecified atom stereocenters. The zero-order chi connectivity index (χ0) is 14.9. The SMILES string of the molecule is O=CCCCCc1ccc(OCc2ccc(Cl)cc2)cc1. The number of aryl methyl sites for hydroxylation is 1. The number of carbonyl (C=O) groups is 1. The van der Waals surface area contributed by atoms with Crippen LogP contribution in [0.3, 0.4) is 0 Å². The summed E-state index contributed by atoms with van der Waals surface area (Å²) in [6.45, 7) is 0.538. The maximum atomic E-state index is 10.2. The number of carbonyl (C=O) groups excluding carboxylic acids is 1. The second kappa shape index (κ2) is 8.48. The predicted octanol–water partition coefficient (Wildman–Crippen LogP) is 4.83. The van der Waals surface area contributed by atoms with Gasteiger partial charge in [-0.25, -0.2) is 0 Å². The number of unbranched alkanes of at least 4 members (excludes halogenated alkanes) is 2. The fraction of sp³-hybridized carbons (Fsp3) is 0.278. The van der Waals surface area contributed by atoms with Gasteiger partial charge in [-0.05, 0) is 54.7 Å². The molecule has 2 aromatic carbocycles. The average molecular weight is 303 g/mol. The molecule has 2 nitrogen and oxygen atoms in total. The molecule has 3 heteroatoms. The van der Waals surface area contributed by atoms with Gasteiger partial charge >= 0.3 is 0 Å². The lowest BCUT2D eigenvalue weighted by Gasteiger charge is -2.07. The van der Waals surface area contributed by atoms with E-state index in [0.29, 0.717) is 13.0 Å². The van der Waals surface area contributed by atoms with Crippen LogP contribution < -0.4 is 4.74 Å². The van der Waals surface area contributed by atoms with Gasteiger partial charge in [-0.1, -0.05) is 35.9 Å². The molecule has 0 aliphatic heterocycles. The zero-order valence-electron chi connectivity index (χ0n) is 11.9. The molecule has 0 atom stereocenters. The van der Waals surface area contributed by atoms with Crippen molar-refractivity contribution in [3.05, 3.63) is 64.7 Å². The van der Waals surface area contributed by atoms with Gasteiger partial charge in [0, 0.05) is 11.4 Å². The Bertz CT molecular complexity index is 546. The van der Waals surface area contributed by atoms with E-state index >= 15 is 0 Å². The van der Waals surface area contributed by atoms with Crippen LogP contribution in [-0.2, 0) is 17.8 Å². The Balaban J connectivity index is 1.79. The summed E-state index contributed by atoms with van der Waals surface area (Å²) < 4.78 is 5.74. The van der Waals surface area contributed by atoms with Crippen LogP contribution in [0.25, 0.3) is 0 Å². The number of halogens is 1. The molecule has 0 saturated heterocycles. The van der Waals surface area contributed by atoms with E-state index in [2.05, 4.69) is 12.1 Å². The van der Waals surface area contributed by atoms with E-state index in [-0.39, 0.29) is 0 Å². The number of aldehydes is 1. The minimum atomic E-state index is 0.538. The fourth-order valence-corrected chi connectivity index (χ4v) is 2.18. The molecule has 110 valence electrons. The Morgan fingerprint density at radius 2 is 1.57 bits per heavy atom. The van der Waals surface area contributed by atoms with Gasteiger partial charge in [0.1, 0.15) is 18.6 Å². The smallest absolute Gasteiger partial charge is 0.119 e. The van der Waals surface area contributed by atoms with Crippen molar-refractivity contribution in [2.24, 2.45) is 0 Å². The third-order valence-corrected chi connectivity index (χ3v) is 3.53. The summed E-state index contributed by atoms with van der Waals surface area (Å²) in [7, 11) is 0. The highest BCUT2D eigenvalue weighted by Crippen LogP contribution is 2.16. The van der Waals surface area contributed by atoms with E-state index in [0.717, 1.165) is 41.9 Å². The van der Waals surface area contributed by atoms with Crippen molar-refractivity contribution in [1.29, 1.82) is 0 Å². The van der Waals surface area contributed by atoms with Gasteiger partial charge in [-0.15, -0.1) is 0 Å². The van der Waals surface area contributed by atoms with Crippen LogP contribution in [0, 0.1) is 0 Å². The zero-order valence-corrected chi connectivity index (χ0v) is 12.7. The van der Waals surface area contributed by atoms with Gasteiger partial charge in [-0.3, -0.25) is 0 Å². The molecule has 0 radical (unpaired) electrons. The molecule has 0 aliphatic rings. The standard InChI is InChI=1S/C18H19ClO2/c19-17-9-5-16(6-10-17)14-21-18-11-7-15(8-12-18)4-2-1-3-13-20/h5-13H,1-4,14H2. The Morgan fingerprint density at radius 3 is 2.24 bits per heavy atom. The maximum absolute atomic E-state index is 10.2. The number of hydrogen-bond acceptors (Lipinski definition) is 2. The van der Waals surface area contributed by atoms with Crippen molar-refractivity contribution < 1.29 is 9.53 Å². The summed E-state index contributed by atoms with van der Waals surface area (Å²) in [6.07, 6.45) is 4.64. The molecule has 21 heavy (non-hydrogen) atoms. The van der Waals surface area contributed by atoms with Crippen molar-refractivity contribution in [3.63, 3.8) is 0 Å². The number of hydrogen-bond donors (Lipinski definition) is 0. The Labute approximate surface area is 130 Å². The van der Waals surface area contributed by atoms with Gasteiger partial charge in [0.15, 0.2) is 0 Å². The molecular formula is C18H19ClO2. The normalized spacial score (nSPS) is 10.3. The van der Waals surface area contributed by atoms with E-state index in [1.807, 2.05) is 36.4 Å². The molecule has 0 aromatic heterocycles. The minimum Gasteiger partial charge on any atom is -0.489 e. The van der Waals surface area contributed by atoms with Crippen LogP contribution in [-0.4, -0.2) is 6.29 Å². The molecule has 0 fully saturated rings. The van der Waals surface area contributed by atoms with Gasteiger partial charge in [-0.2, -0.15) is 0 Å². The highest BCUT2D eigenvalue weighted by atomic mass is 35.5. The maximum Gasteiger partial charge on any atom is 0.119 e. The predicted molar refractivity (Wildman–Crippen MR) is 85.8 cm³/mol. The second-order valence-electron chi connectivity index (χ2n) is 4.97. The quantitative estimate of drug-likeness (QED) is 0.515. The molecule has 0 heterocycles. The molecule has 0 saturated carbocycles. The third-order valence-electron chi connectivity index (χ3n) is 3.28. The summed E-state index contributed by atoms with van der Waals surface area (Å²) in [5, 5.41) is 0.734. The molecule has 0 N–H and O–H groups in total. The molecule has 0 spiro atoms. The lowest BCUT2D eigenvalue weighted by molar-refractivity contribution is -0.107. The van der Waals surface area contributed by atoms with Crippen LogP contribution in [0.4, 0.5) is 0 Å². The summed E-state index contributed by atoms with van der Waals surface area (Å²) in [5.74, 6) is 0.863. The first-order chi connectivity index (χ1) is 10.3. The summed E-state index contributed by atoms with van der Waals surface area (Å²) in [6, 6.07) is 15.8. The number of benzene rings is 2. The van der Waals surface area contributed by atoms with Crippen LogP contribution in [0.5, 0.6) is 5.75 Å². The van der Waals surface area contributed by atoms with E-state index < -0.39 is 0 Å². The number of rotatable bonds is 8. The van der Waals surface area contributed by atoms with Gasteiger partial charge in [0.25, 0.3) is 0 Å². The van der Waals surface area contributed by atoms with Crippen molar-refractivity contribution in [2.75, 3.05) is 0 Å². The molecule has 0 amide bonds.